The maximum atomic E-state index is 12.7. The number of amides is 1. The van der Waals surface area contributed by atoms with Gasteiger partial charge in [0.25, 0.3) is 0 Å². The summed E-state index contributed by atoms with van der Waals surface area (Å²) in [6.45, 7) is 1.11. The lowest BCUT2D eigenvalue weighted by molar-refractivity contribution is -0.117. The molecule has 0 fully saturated rings. The van der Waals surface area contributed by atoms with Gasteiger partial charge < -0.3 is 10.2 Å². The summed E-state index contributed by atoms with van der Waals surface area (Å²) in [5, 5.41) is 5.65. The van der Waals surface area contributed by atoms with Crippen molar-refractivity contribution in [1.82, 2.24) is 0 Å². The van der Waals surface area contributed by atoms with Crippen LogP contribution in [0.1, 0.15) is 12.0 Å². The number of nitrogens with zero attached hydrogens (tertiary/aromatic N) is 1. The second-order valence-corrected chi connectivity index (χ2v) is 6.16. The summed E-state index contributed by atoms with van der Waals surface area (Å²) >= 11 is 0. The third kappa shape index (κ3) is 2.73. The normalized spacial score (nSPS) is 13.6. The fraction of sp³-hybridized carbons (Fsp3) is 0.190. The first-order valence-electron chi connectivity index (χ1n) is 8.43. The van der Waals surface area contributed by atoms with Crippen molar-refractivity contribution in [2.75, 3.05) is 23.3 Å². The zero-order valence-corrected chi connectivity index (χ0v) is 13.5. The molecule has 0 unspecified atom stereocenters. The first-order valence-corrected chi connectivity index (χ1v) is 8.43. The van der Waals surface area contributed by atoms with Crippen molar-refractivity contribution < 1.29 is 4.79 Å². The van der Waals surface area contributed by atoms with Crippen LogP contribution in [0.3, 0.4) is 0 Å². The number of aryl methyl sites for hydroxylation is 1. The lowest BCUT2D eigenvalue weighted by Crippen LogP contribution is -2.39. The molecule has 1 heterocycles. The number of rotatable bonds is 3. The summed E-state index contributed by atoms with van der Waals surface area (Å²) < 4.78 is 0. The van der Waals surface area contributed by atoms with Crippen LogP contribution in [0.2, 0.25) is 0 Å². The minimum Gasteiger partial charge on any atom is -0.376 e. The molecule has 0 spiro atoms. The van der Waals surface area contributed by atoms with E-state index in [0.29, 0.717) is 6.54 Å². The SMILES string of the molecule is O=C(CNc1cccc2ccccc12)N1CCCc2ccccc21. The van der Waals surface area contributed by atoms with Gasteiger partial charge in [-0.25, -0.2) is 0 Å². The predicted octanol–water partition coefficient (Wildman–Crippen LogP) is 4.23. The van der Waals surface area contributed by atoms with E-state index in [1.807, 2.05) is 47.4 Å². The molecule has 0 aliphatic carbocycles. The molecule has 1 N–H and O–H groups in total. The van der Waals surface area contributed by atoms with Gasteiger partial charge in [-0.3, -0.25) is 4.79 Å². The average Bonchev–Trinajstić information content (AvgIpc) is 2.65. The molecule has 3 aromatic carbocycles. The maximum Gasteiger partial charge on any atom is 0.246 e. The predicted molar refractivity (Wildman–Crippen MR) is 99.6 cm³/mol. The van der Waals surface area contributed by atoms with Crippen molar-refractivity contribution in [1.29, 1.82) is 0 Å². The second kappa shape index (κ2) is 6.36. The van der Waals surface area contributed by atoms with E-state index in [4.69, 9.17) is 0 Å². The van der Waals surface area contributed by atoms with Crippen LogP contribution < -0.4 is 10.2 Å². The summed E-state index contributed by atoms with van der Waals surface area (Å²) in [4.78, 5) is 14.6. The Morgan fingerprint density at radius 1 is 0.958 bits per heavy atom. The molecule has 120 valence electrons. The molecule has 1 aliphatic heterocycles. The van der Waals surface area contributed by atoms with Gasteiger partial charge in [0, 0.05) is 23.3 Å². The Labute approximate surface area is 141 Å². The molecule has 1 aliphatic rings. The van der Waals surface area contributed by atoms with Gasteiger partial charge >= 0.3 is 0 Å². The molecular formula is C21H20N2O. The fourth-order valence-corrected chi connectivity index (χ4v) is 3.44. The molecule has 0 aromatic heterocycles. The lowest BCUT2D eigenvalue weighted by atomic mass is 10.0. The third-order valence-electron chi connectivity index (χ3n) is 4.63. The van der Waals surface area contributed by atoms with Gasteiger partial charge in [-0.15, -0.1) is 0 Å². The Bertz CT molecular complexity index is 882. The Hall–Kier alpha value is -2.81. The Balaban J connectivity index is 1.53. The molecule has 0 bridgehead atoms. The monoisotopic (exact) mass is 316 g/mol. The molecule has 0 atom stereocenters. The van der Waals surface area contributed by atoms with E-state index >= 15 is 0 Å². The van der Waals surface area contributed by atoms with Crippen LogP contribution >= 0.6 is 0 Å². The number of hydrogen-bond acceptors (Lipinski definition) is 2. The van der Waals surface area contributed by atoms with Gasteiger partial charge in [-0.05, 0) is 35.9 Å². The van der Waals surface area contributed by atoms with Gasteiger partial charge in [-0.1, -0.05) is 54.6 Å². The molecule has 4 rings (SSSR count). The molecular weight excluding hydrogens is 296 g/mol. The number of carbonyl (C=O) groups excluding carboxylic acids is 1. The highest BCUT2D eigenvalue weighted by Gasteiger charge is 2.21. The zero-order valence-electron chi connectivity index (χ0n) is 13.5. The van der Waals surface area contributed by atoms with Crippen molar-refractivity contribution in [2.24, 2.45) is 0 Å². The summed E-state index contributed by atoms with van der Waals surface area (Å²) in [6, 6.07) is 22.6. The van der Waals surface area contributed by atoms with Gasteiger partial charge in [0.15, 0.2) is 0 Å². The van der Waals surface area contributed by atoms with Crippen molar-refractivity contribution in [2.45, 2.75) is 12.8 Å². The van der Waals surface area contributed by atoms with Crippen LogP contribution in [0.5, 0.6) is 0 Å². The molecule has 0 radical (unpaired) electrons. The van der Waals surface area contributed by atoms with Crippen LogP contribution in [0, 0.1) is 0 Å². The van der Waals surface area contributed by atoms with E-state index in [9.17, 15) is 4.79 Å². The minimum absolute atomic E-state index is 0.120. The lowest BCUT2D eigenvalue weighted by Gasteiger charge is -2.29. The average molecular weight is 316 g/mol. The standard InChI is InChI=1S/C21H20N2O/c24-21(23-14-6-10-17-8-2-4-13-20(17)23)15-22-19-12-5-9-16-7-1-3-11-18(16)19/h1-5,7-9,11-13,22H,6,10,14-15H2. The van der Waals surface area contributed by atoms with Crippen molar-refractivity contribution in [3.05, 3.63) is 72.3 Å². The minimum atomic E-state index is 0.120. The van der Waals surface area contributed by atoms with E-state index in [2.05, 4.69) is 29.6 Å². The summed E-state index contributed by atoms with van der Waals surface area (Å²) in [5.74, 6) is 0.120. The fourth-order valence-electron chi connectivity index (χ4n) is 3.44. The highest BCUT2D eigenvalue weighted by molar-refractivity contribution is 5.99. The van der Waals surface area contributed by atoms with Crippen LogP contribution in [0.15, 0.2) is 66.7 Å². The van der Waals surface area contributed by atoms with Crippen molar-refractivity contribution in [3.63, 3.8) is 0 Å². The quantitative estimate of drug-likeness (QED) is 0.784. The van der Waals surface area contributed by atoms with Gasteiger partial charge in [0.1, 0.15) is 0 Å². The molecule has 0 saturated carbocycles. The molecule has 3 aromatic rings. The number of para-hydroxylation sites is 1. The van der Waals surface area contributed by atoms with E-state index in [1.54, 1.807) is 0 Å². The van der Waals surface area contributed by atoms with Gasteiger partial charge in [0.05, 0.1) is 6.54 Å². The van der Waals surface area contributed by atoms with Crippen molar-refractivity contribution in [3.8, 4) is 0 Å². The summed E-state index contributed by atoms with van der Waals surface area (Å²) in [5.41, 5.74) is 3.34. The Morgan fingerprint density at radius 3 is 2.71 bits per heavy atom. The topological polar surface area (TPSA) is 32.3 Å². The van der Waals surface area contributed by atoms with E-state index in [0.717, 1.165) is 36.1 Å². The summed E-state index contributed by atoms with van der Waals surface area (Å²) in [6.07, 6.45) is 2.08. The zero-order chi connectivity index (χ0) is 16.4. The molecule has 0 saturated heterocycles. The molecule has 3 nitrogen and oxygen atoms in total. The molecule has 24 heavy (non-hydrogen) atoms. The number of benzene rings is 3. The number of nitrogens with one attached hydrogen (secondary N) is 1. The van der Waals surface area contributed by atoms with Crippen molar-refractivity contribution >= 4 is 28.1 Å². The first kappa shape index (κ1) is 14.8. The number of carbonyl (C=O) groups is 1. The Kier molecular flexibility index (Phi) is 3.91. The molecule has 3 heteroatoms. The van der Waals surface area contributed by atoms with Crippen LogP contribution in [-0.4, -0.2) is 19.0 Å². The van der Waals surface area contributed by atoms with Crippen LogP contribution in [0.25, 0.3) is 10.8 Å². The highest BCUT2D eigenvalue weighted by Crippen LogP contribution is 2.27. The number of fused-ring (bicyclic) bond motifs is 2. The highest BCUT2D eigenvalue weighted by atomic mass is 16.2. The molecule has 1 amide bonds. The van der Waals surface area contributed by atoms with E-state index < -0.39 is 0 Å². The second-order valence-electron chi connectivity index (χ2n) is 6.16. The van der Waals surface area contributed by atoms with Gasteiger partial charge in [-0.2, -0.15) is 0 Å². The van der Waals surface area contributed by atoms with Crippen LogP contribution in [-0.2, 0) is 11.2 Å². The number of hydrogen-bond donors (Lipinski definition) is 1. The van der Waals surface area contributed by atoms with Crippen LogP contribution in [0.4, 0.5) is 11.4 Å². The summed E-state index contributed by atoms with van der Waals surface area (Å²) in [7, 11) is 0. The largest absolute Gasteiger partial charge is 0.376 e. The first-order chi connectivity index (χ1) is 11.8. The Morgan fingerprint density at radius 2 is 1.75 bits per heavy atom. The van der Waals surface area contributed by atoms with Gasteiger partial charge in [0.2, 0.25) is 5.91 Å². The maximum absolute atomic E-state index is 12.7. The third-order valence-corrected chi connectivity index (χ3v) is 4.63. The van der Waals surface area contributed by atoms with E-state index in [1.165, 1.54) is 10.9 Å². The van der Waals surface area contributed by atoms with E-state index in [-0.39, 0.29) is 5.91 Å². The smallest absolute Gasteiger partial charge is 0.246 e. The number of anilines is 2.